The molecule has 0 aliphatic rings. The lowest BCUT2D eigenvalue weighted by atomic mass is 10.1. The third-order valence-corrected chi connectivity index (χ3v) is 2.28. The van der Waals surface area contributed by atoms with E-state index in [0.29, 0.717) is 0 Å². The summed E-state index contributed by atoms with van der Waals surface area (Å²) in [6.07, 6.45) is 9.45. The Hall–Kier alpha value is -0.300. The number of allylic oxidation sites excluding steroid dienone is 1. The number of hydrogen-bond acceptors (Lipinski definition) is 1. The van der Waals surface area contributed by atoms with Gasteiger partial charge in [0.2, 0.25) is 0 Å². The average Bonchev–Trinajstić information content (AvgIpc) is 2.09. The van der Waals surface area contributed by atoms with Gasteiger partial charge in [0.25, 0.3) is 0 Å². The lowest BCUT2D eigenvalue weighted by Crippen LogP contribution is -2.06. The van der Waals surface area contributed by atoms with Crippen LogP contribution in [0.25, 0.3) is 0 Å². The summed E-state index contributed by atoms with van der Waals surface area (Å²) in [5.41, 5.74) is 1.33. The van der Waals surface area contributed by atoms with Gasteiger partial charge in [0.15, 0.2) is 0 Å². The first-order valence-corrected chi connectivity index (χ1v) is 5.56. The van der Waals surface area contributed by atoms with Crippen molar-refractivity contribution in [2.24, 2.45) is 0 Å². The normalized spacial score (nSPS) is 10.3. The summed E-state index contributed by atoms with van der Waals surface area (Å²) in [7, 11) is 2.02. The van der Waals surface area contributed by atoms with Crippen LogP contribution in [0.3, 0.4) is 0 Å². The second-order valence-corrected chi connectivity index (χ2v) is 3.93. The van der Waals surface area contributed by atoms with E-state index in [1.807, 2.05) is 7.05 Å². The van der Waals surface area contributed by atoms with Crippen molar-refractivity contribution < 1.29 is 0 Å². The molecule has 0 heterocycles. The maximum absolute atomic E-state index is 3.91. The highest BCUT2D eigenvalue weighted by molar-refractivity contribution is 4.86. The Balaban J connectivity index is 2.87. The fourth-order valence-corrected chi connectivity index (χ4v) is 1.44. The van der Waals surface area contributed by atoms with Gasteiger partial charge in [-0.15, -0.1) is 6.58 Å². The molecule has 0 rings (SSSR count). The van der Waals surface area contributed by atoms with Gasteiger partial charge in [0.05, 0.1) is 0 Å². The van der Waals surface area contributed by atoms with Crippen LogP contribution in [0.2, 0.25) is 0 Å². The summed E-state index contributed by atoms with van der Waals surface area (Å²) in [5, 5.41) is 3.17. The zero-order valence-electron chi connectivity index (χ0n) is 9.36. The number of nitrogens with one attached hydrogen (secondary N) is 1. The van der Waals surface area contributed by atoms with Gasteiger partial charge < -0.3 is 5.32 Å². The zero-order chi connectivity index (χ0) is 9.94. The van der Waals surface area contributed by atoms with Crippen LogP contribution >= 0.6 is 0 Å². The van der Waals surface area contributed by atoms with Gasteiger partial charge in [-0.1, -0.05) is 31.3 Å². The van der Waals surface area contributed by atoms with Crippen molar-refractivity contribution in [3.63, 3.8) is 0 Å². The standard InChI is InChI=1S/C12H25N/c1-12(2)10-8-6-4-5-7-9-11-13-3/h13H,1,4-11H2,2-3H3. The average molecular weight is 183 g/mol. The van der Waals surface area contributed by atoms with Crippen LogP contribution in [0.4, 0.5) is 0 Å². The summed E-state index contributed by atoms with van der Waals surface area (Å²) in [6, 6.07) is 0. The molecule has 0 aliphatic heterocycles. The summed E-state index contributed by atoms with van der Waals surface area (Å²) in [5.74, 6) is 0. The second-order valence-electron chi connectivity index (χ2n) is 3.93. The van der Waals surface area contributed by atoms with Gasteiger partial charge >= 0.3 is 0 Å². The fraction of sp³-hybridized carbons (Fsp3) is 0.833. The summed E-state index contributed by atoms with van der Waals surface area (Å²) >= 11 is 0. The second kappa shape index (κ2) is 9.79. The molecule has 0 atom stereocenters. The Morgan fingerprint density at radius 1 is 1.00 bits per heavy atom. The molecular formula is C12H25N. The van der Waals surface area contributed by atoms with Gasteiger partial charge in [-0.05, 0) is 39.8 Å². The first-order valence-electron chi connectivity index (χ1n) is 5.56. The first-order chi connectivity index (χ1) is 6.27. The van der Waals surface area contributed by atoms with Gasteiger partial charge in [0.1, 0.15) is 0 Å². The minimum absolute atomic E-state index is 1.17. The van der Waals surface area contributed by atoms with Crippen molar-refractivity contribution in [3.8, 4) is 0 Å². The maximum atomic E-state index is 3.91. The minimum Gasteiger partial charge on any atom is -0.320 e. The van der Waals surface area contributed by atoms with Crippen LogP contribution in [0, 0.1) is 0 Å². The van der Waals surface area contributed by atoms with E-state index in [0.717, 1.165) is 0 Å². The molecule has 1 heteroatoms. The highest BCUT2D eigenvalue weighted by atomic mass is 14.8. The Morgan fingerprint density at radius 2 is 1.54 bits per heavy atom. The molecule has 13 heavy (non-hydrogen) atoms. The summed E-state index contributed by atoms with van der Waals surface area (Å²) in [4.78, 5) is 0. The molecule has 0 aromatic heterocycles. The van der Waals surface area contributed by atoms with Crippen LogP contribution in [0.5, 0.6) is 0 Å². The van der Waals surface area contributed by atoms with Crippen LogP contribution in [-0.4, -0.2) is 13.6 Å². The topological polar surface area (TPSA) is 12.0 Å². The predicted octanol–water partition coefficient (Wildman–Crippen LogP) is 3.51. The van der Waals surface area contributed by atoms with Crippen molar-refractivity contribution >= 4 is 0 Å². The van der Waals surface area contributed by atoms with Crippen molar-refractivity contribution in [2.45, 2.75) is 51.9 Å². The highest BCUT2D eigenvalue weighted by Crippen LogP contribution is 2.09. The Morgan fingerprint density at radius 3 is 2.08 bits per heavy atom. The van der Waals surface area contributed by atoms with Crippen molar-refractivity contribution in [1.29, 1.82) is 0 Å². The van der Waals surface area contributed by atoms with Crippen LogP contribution in [0.1, 0.15) is 51.9 Å². The number of unbranched alkanes of at least 4 members (excludes halogenated alkanes) is 5. The van der Waals surface area contributed by atoms with Crippen LogP contribution in [-0.2, 0) is 0 Å². The third-order valence-electron chi connectivity index (χ3n) is 2.28. The first kappa shape index (κ1) is 12.7. The number of rotatable bonds is 9. The van der Waals surface area contributed by atoms with E-state index in [-0.39, 0.29) is 0 Å². The summed E-state index contributed by atoms with van der Waals surface area (Å²) < 4.78 is 0. The van der Waals surface area contributed by atoms with Gasteiger partial charge in [-0.2, -0.15) is 0 Å². The van der Waals surface area contributed by atoms with E-state index >= 15 is 0 Å². The zero-order valence-corrected chi connectivity index (χ0v) is 9.36. The molecule has 78 valence electrons. The molecule has 1 nitrogen and oxygen atoms in total. The molecular weight excluding hydrogens is 158 g/mol. The fourth-order valence-electron chi connectivity index (χ4n) is 1.44. The van der Waals surface area contributed by atoms with Gasteiger partial charge in [-0.25, -0.2) is 0 Å². The SMILES string of the molecule is C=C(C)CCCCCCCCNC. The molecule has 0 unspecified atom stereocenters. The van der Waals surface area contributed by atoms with E-state index in [1.165, 1.54) is 57.1 Å². The van der Waals surface area contributed by atoms with Crippen molar-refractivity contribution in [3.05, 3.63) is 12.2 Å². The van der Waals surface area contributed by atoms with E-state index in [4.69, 9.17) is 0 Å². The molecule has 1 N–H and O–H groups in total. The van der Waals surface area contributed by atoms with Crippen LogP contribution in [0.15, 0.2) is 12.2 Å². The molecule has 0 saturated heterocycles. The van der Waals surface area contributed by atoms with E-state index in [9.17, 15) is 0 Å². The molecule has 0 aromatic carbocycles. The van der Waals surface area contributed by atoms with E-state index in [2.05, 4.69) is 18.8 Å². The van der Waals surface area contributed by atoms with Crippen molar-refractivity contribution in [1.82, 2.24) is 5.32 Å². The molecule has 0 aromatic rings. The van der Waals surface area contributed by atoms with Crippen LogP contribution < -0.4 is 5.32 Å². The quantitative estimate of drug-likeness (QED) is 0.426. The van der Waals surface area contributed by atoms with E-state index < -0.39 is 0 Å². The smallest absolute Gasteiger partial charge is 0.00519 e. The third kappa shape index (κ3) is 11.7. The summed E-state index contributed by atoms with van der Waals surface area (Å²) in [6.45, 7) is 7.20. The lowest BCUT2D eigenvalue weighted by molar-refractivity contribution is 0.581. The molecule has 0 spiro atoms. The molecule has 0 bridgehead atoms. The Labute approximate surface area is 83.6 Å². The van der Waals surface area contributed by atoms with Gasteiger partial charge in [-0.3, -0.25) is 0 Å². The molecule has 0 amide bonds. The number of hydrogen-bond donors (Lipinski definition) is 1. The largest absolute Gasteiger partial charge is 0.320 e. The van der Waals surface area contributed by atoms with E-state index in [1.54, 1.807) is 0 Å². The Kier molecular flexibility index (Phi) is 9.56. The highest BCUT2D eigenvalue weighted by Gasteiger charge is 1.91. The Bertz CT molecular complexity index is 118. The maximum Gasteiger partial charge on any atom is -0.00519 e. The van der Waals surface area contributed by atoms with Gasteiger partial charge in [0, 0.05) is 0 Å². The molecule has 0 radical (unpaired) electrons. The minimum atomic E-state index is 1.17. The molecule has 0 saturated carbocycles. The van der Waals surface area contributed by atoms with Crippen molar-refractivity contribution in [2.75, 3.05) is 13.6 Å². The lowest BCUT2D eigenvalue weighted by Gasteiger charge is -2.01. The molecule has 0 aliphatic carbocycles. The molecule has 0 fully saturated rings. The predicted molar refractivity (Wildman–Crippen MR) is 61.1 cm³/mol. The monoisotopic (exact) mass is 183 g/mol.